The fourth-order valence-corrected chi connectivity index (χ4v) is 7.29. The molecule has 118 valence electrons. The zero-order valence-electron chi connectivity index (χ0n) is 14.2. The molecule has 0 radical (unpaired) electrons. The van der Waals surface area contributed by atoms with Crippen LogP contribution in [0.1, 0.15) is 59.3 Å². The molecule has 22 heavy (non-hydrogen) atoms. The SMILES string of the molecule is CC1=C[C@H]2[C@@H]3CCC[C@@]3(C)CC[C@@H]2[C@]2(C)C1=CC(=O)C1C[C@@H]12. The van der Waals surface area contributed by atoms with Gasteiger partial charge in [-0.05, 0) is 85.2 Å². The highest BCUT2D eigenvalue weighted by molar-refractivity contribution is 5.97. The van der Waals surface area contributed by atoms with Gasteiger partial charge in [0.1, 0.15) is 0 Å². The number of ketones is 1. The van der Waals surface area contributed by atoms with Gasteiger partial charge < -0.3 is 0 Å². The third-order valence-corrected chi connectivity index (χ3v) is 8.54. The average Bonchev–Trinajstić information content (AvgIpc) is 3.19. The molecule has 0 aromatic rings. The van der Waals surface area contributed by atoms with Crippen molar-refractivity contribution in [2.45, 2.75) is 59.3 Å². The molecule has 1 heteroatoms. The van der Waals surface area contributed by atoms with Crippen LogP contribution in [0.15, 0.2) is 23.3 Å². The Morgan fingerprint density at radius 1 is 1.09 bits per heavy atom. The predicted octanol–water partition coefficient (Wildman–Crippen LogP) is 4.93. The van der Waals surface area contributed by atoms with Crippen molar-refractivity contribution in [1.29, 1.82) is 0 Å². The third-order valence-electron chi connectivity index (χ3n) is 8.54. The van der Waals surface area contributed by atoms with E-state index in [4.69, 9.17) is 0 Å². The molecule has 0 bridgehead atoms. The highest BCUT2D eigenvalue weighted by atomic mass is 16.1. The van der Waals surface area contributed by atoms with Gasteiger partial charge in [0.25, 0.3) is 0 Å². The van der Waals surface area contributed by atoms with E-state index in [9.17, 15) is 4.79 Å². The van der Waals surface area contributed by atoms with Crippen molar-refractivity contribution in [2.75, 3.05) is 0 Å². The van der Waals surface area contributed by atoms with Gasteiger partial charge in [-0.15, -0.1) is 0 Å². The van der Waals surface area contributed by atoms with E-state index in [0.29, 0.717) is 28.4 Å². The lowest BCUT2D eigenvalue weighted by Crippen LogP contribution is -2.49. The van der Waals surface area contributed by atoms with Crippen LogP contribution in [-0.4, -0.2) is 5.78 Å². The fourth-order valence-electron chi connectivity index (χ4n) is 7.29. The lowest BCUT2D eigenvalue weighted by Gasteiger charge is -2.56. The molecule has 0 aromatic heterocycles. The van der Waals surface area contributed by atoms with Crippen LogP contribution >= 0.6 is 0 Å². The maximum atomic E-state index is 12.3. The lowest BCUT2D eigenvalue weighted by molar-refractivity contribution is -0.117. The average molecular weight is 296 g/mol. The van der Waals surface area contributed by atoms with Gasteiger partial charge in [0.05, 0.1) is 0 Å². The first kappa shape index (κ1) is 13.6. The number of carbonyl (C=O) groups is 1. The number of carbonyl (C=O) groups excluding carboxylic acids is 1. The summed E-state index contributed by atoms with van der Waals surface area (Å²) in [6, 6.07) is 0. The van der Waals surface area contributed by atoms with E-state index in [1.807, 2.05) is 6.08 Å². The van der Waals surface area contributed by atoms with Crippen LogP contribution in [0.4, 0.5) is 0 Å². The maximum absolute atomic E-state index is 12.3. The third kappa shape index (κ3) is 1.44. The van der Waals surface area contributed by atoms with Gasteiger partial charge in [-0.25, -0.2) is 0 Å². The predicted molar refractivity (Wildman–Crippen MR) is 88.2 cm³/mol. The molecule has 7 atom stereocenters. The second kappa shape index (κ2) is 3.97. The summed E-state index contributed by atoms with van der Waals surface area (Å²) in [6.45, 7) is 7.35. The molecule has 0 aliphatic heterocycles. The second-order valence-corrected chi connectivity index (χ2v) is 9.42. The van der Waals surface area contributed by atoms with E-state index >= 15 is 0 Å². The second-order valence-electron chi connectivity index (χ2n) is 9.42. The van der Waals surface area contributed by atoms with E-state index in [2.05, 4.69) is 26.8 Å². The van der Waals surface area contributed by atoms with Gasteiger partial charge >= 0.3 is 0 Å². The first-order valence-corrected chi connectivity index (χ1v) is 9.40. The normalized spacial score (nSPS) is 55.4. The van der Waals surface area contributed by atoms with Crippen molar-refractivity contribution in [3.05, 3.63) is 23.3 Å². The molecule has 0 saturated heterocycles. The van der Waals surface area contributed by atoms with Crippen LogP contribution in [0.5, 0.6) is 0 Å². The summed E-state index contributed by atoms with van der Waals surface area (Å²) in [5.41, 5.74) is 3.74. The molecule has 3 fully saturated rings. The first-order chi connectivity index (χ1) is 10.4. The summed E-state index contributed by atoms with van der Waals surface area (Å²) in [7, 11) is 0. The number of rotatable bonds is 0. The van der Waals surface area contributed by atoms with E-state index in [0.717, 1.165) is 24.2 Å². The molecule has 1 nitrogen and oxygen atoms in total. The molecule has 0 amide bonds. The van der Waals surface area contributed by atoms with E-state index in [-0.39, 0.29) is 0 Å². The molecule has 0 heterocycles. The number of hydrogen-bond acceptors (Lipinski definition) is 1. The van der Waals surface area contributed by atoms with Gasteiger partial charge in [0, 0.05) is 5.92 Å². The molecule has 0 N–H and O–H groups in total. The summed E-state index contributed by atoms with van der Waals surface area (Å²) in [5, 5.41) is 0. The molecule has 5 aliphatic rings. The molecular formula is C21H28O. The number of allylic oxidation sites excluding steroid dienone is 4. The summed E-state index contributed by atoms with van der Waals surface area (Å²) in [6.07, 6.45) is 12.9. The first-order valence-electron chi connectivity index (χ1n) is 9.40. The van der Waals surface area contributed by atoms with Gasteiger partial charge in [0.15, 0.2) is 5.78 Å². The minimum atomic E-state index is 0.298. The standard InChI is InChI=1S/C21H28O/c1-12-9-13-15-5-4-7-20(15,2)8-6-16(13)21(3)17(12)11-19(22)14-10-18(14)21/h9,11,13-16,18H,4-8,10H2,1-3H3/t13-,14?,15-,16-,18-,20-,21+/m0/s1. The number of fused-ring (bicyclic) bond motifs is 7. The van der Waals surface area contributed by atoms with Crippen LogP contribution in [0, 0.1) is 40.4 Å². The Balaban J connectivity index is 1.65. The highest BCUT2D eigenvalue weighted by Gasteiger charge is 2.64. The maximum Gasteiger partial charge on any atom is 0.159 e. The topological polar surface area (TPSA) is 17.1 Å². The van der Waals surface area contributed by atoms with Crippen LogP contribution in [0.25, 0.3) is 0 Å². The lowest BCUT2D eigenvalue weighted by atomic mass is 9.48. The van der Waals surface area contributed by atoms with Crippen LogP contribution in [0.2, 0.25) is 0 Å². The smallest absolute Gasteiger partial charge is 0.159 e. The molecular weight excluding hydrogens is 268 g/mol. The zero-order valence-corrected chi connectivity index (χ0v) is 14.2. The summed E-state index contributed by atoms with van der Waals surface area (Å²) in [5.74, 6) is 3.92. The fraction of sp³-hybridized carbons (Fsp3) is 0.762. The van der Waals surface area contributed by atoms with E-state index in [1.165, 1.54) is 43.3 Å². The Morgan fingerprint density at radius 2 is 1.91 bits per heavy atom. The Kier molecular flexibility index (Phi) is 2.45. The minimum Gasteiger partial charge on any atom is -0.295 e. The largest absolute Gasteiger partial charge is 0.295 e. The van der Waals surface area contributed by atoms with Crippen molar-refractivity contribution < 1.29 is 4.79 Å². The van der Waals surface area contributed by atoms with Crippen molar-refractivity contribution in [3.8, 4) is 0 Å². The Bertz CT molecular complexity index is 626. The van der Waals surface area contributed by atoms with Crippen molar-refractivity contribution in [3.63, 3.8) is 0 Å². The summed E-state index contributed by atoms with van der Waals surface area (Å²) >= 11 is 0. The van der Waals surface area contributed by atoms with Crippen molar-refractivity contribution >= 4 is 5.78 Å². The van der Waals surface area contributed by atoms with Gasteiger partial charge in [-0.1, -0.05) is 31.9 Å². The molecule has 0 spiro atoms. The van der Waals surface area contributed by atoms with Crippen molar-refractivity contribution in [1.82, 2.24) is 0 Å². The zero-order chi connectivity index (χ0) is 15.3. The van der Waals surface area contributed by atoms with Gasteiger partial charge in [0.2, 0.25) is 0 Å². The van der Waals surface area contributed by atoms with Crippen LogP contribution < -0.4 is 0 Å². The molecule has 5 aliphatic carbocycles. The molecule has 3 saturated carbocycles. The summed E-state index contributed by atoms with van der Waals surface area (Å²) in [4.78, 5) is 12.3. The van der Waals surface area contributed by atoms with Crippen molar-refractivity contribution in [2.24, 2.45) is 40.4 Å². The Labute approximate surface area is 134 Å². The molecule has 5 rings (SSSR count). The Morgan fingerprint density at radius 3 is 2.73 bits per heavy atom. The van der Waals surface area contributed by atoms with Gasteiger partial charge in [-0.2, -0.15) is 0 Å². The highest BCUT2D eigenvalue weighted by Crippen LogP contribution is 2.70. The van der Waals surface area contributed by atoms with Crippen LogP contribution in [0.3, 0.4) is 0 Å². The van der Waals surface area contributed by atoms with Gasteiger partial charge in [-0.3, -0.25) is 4.79 Å². The monoisotopic (exact) mass is 296 g/mol. The minimum absolute atomic E-state index is 0.298. The molecule has 0 aromatic carbocycles. The quantitative estimate of drug-likeness (QED) is 0.619. The van der Waals surface area contributed by atoms with E-state index < -0.39 is 0 Å². The van der Waals surface area contributed by atoms with E-state index in [1.54, 1.807) is 0 Å². The van der Waals surface area contributed by atoms with Crippen LogP contribution in [-0.2, 0) is 4.79 Å². The number of hydrogen-bond donors (Lipinski definition) is 0. The molecule has 1 unspecified atom stereocenters. The summed E-state index contributed by atoms with van der Waals surface area (Å²) < 4.78 is 0. The Hall–Kier alpha value is -0.850.